The fraction of sp³-hybridized carbons (Fsp3) is 0.667. The van der Waals surface area contributed by atoms with E-state index in [1.54, 1.807) is 0 Å². The van der Waals surface area contributed by atoms with Gasteiger partial charge in [0.25, 0.3) is 0 Å². The van der Waals surface area contributed by atoms with Gasteiger partial charge in [0.1, 0.15) is 5.82 Å². The average Bonchev–Trinajstić information content (AvgIpc) is 2.53. The molecule has 7 heteroatoms. The standard InChI is InChI=1S/C9H16N4O2S/c1-7-10-11-9(16-6-8(14)15)13(7)5-4-12(2)3/h4-6H2,1-3H3,(H,14,15). The Morgan fingerprint density at radius 1 is 1.50 bits per heavy atom. The molecule has 0 fully saturated rings. The molecule has 1 heterocycles. The molecule has 1 rings (SSSR count). The van der Waals surface area contributed by atoms with Gasteiger partial charge in [-0.2, -0.15) is 0 Å². The van der Waals surface area contributed by atoms with E-state index in [2.05, 4.69) is 24.3 Å². The topological polar surface area (TPSA) is 75.3 Å². The molecule has 0 atom stereocenters. The van der Waals surface area contributed by atoms with Crippen LogP contribution in [0.2, 0.25) is 0 Å². The number of hydrogen-bond donors (Lipinski definition) is 1. The number of carbonyl (C=O) groups is 1. The van der Waals surface area contributed by atoms with Crippen LogP contribution in [0.4, 0.5) is 0 Å². The molecule has 0 amide bonds. The van der Waals surface area contributed by atoms with Crippen LogP contribution in [-0.2, 0) is 11.3 Å². The van der Waals surface area contributed by atoms with Crippen molar-refractivity contribution in [3.8, 4) is 0 Å². The number of aromatic nitrogens is 3. The third kappa shape index (κ3) is 3.82. The van der Waals surface area contributed by atoms with E-state index in [0.29, 0.717) is 5.16 Å². The van der Waals surface area contributed by atoms with Crippen LogP contribution in [0.1, 0.15) is 5.82 Å². The maximum atomic E-state index is 10.4. The Morgan fingerprint density at radius 3 is 2.75 bits per heavy atom. The van der Waals surface area contributed by atoms with Gasteiger partial charge in [0.15, 0.2) is 5.16 Å². The van der Waals surface area contributed by atoms with Crippen molar-refractivity contribution in [2.24, 2.45) is 0 Å². The summed E-state index contributed by atoms with van der Waals surface area (Å²) < 4.78 is 1.93. The van der Waals surface area contributed by atoms with E-state index in [1.807, 2.05) is 11.5 Å². The SMILES string of the molecule is Cc1nnc(SCC(=O)[O-])n1CC[NH+](C)C. The molecule has 16 heavy (non-hydrogen) atoms. The maximum absolute atomic E-state index is 10.4. The highest BCUT2D eigenvalue weighted by atomic mass is 32.2. The summed E-state index contributed by atoms with van der Waals surface area (Å²) in [5.74, 6) is -0.370. The maximum Gasteiger partial charge on any atom is 0.191 e. The minimum atomic E-state index is -1.09. The van der Waals surface area contributed by atoms with Crippen LogP contribution in [0.15, 0.2) is 5.16 Å². The fourth-order valence-corrected chi connectivity index (χ4v) is 1.91. The molecular weight excluding hydrogens is 228 g/mol. The van der Waals surface area contributed by atoms with Gasteiger partial charge in [-0.15, -0.1) is 10.2 Å². The number of carbonyl (C=O) groups excluding carboxylic acids is 1. The Hall–Kier alpha value is -1.08. The Morgan fingerprint density at radius 2 is 2.19 bits per heavy atom. The van der Waals surface area contributed by atoms with Crippen molar-refractivity contribution in [3.05, 3.63) is 5.82 Å². The molecule has 0 radical (unpaired) electrons. The summed E-state index contributed by atoms with van der Waals surface area (Å²) in [5.41, 5.74) is 0. The van der Waals surface area contributed by atoms with Crippen molar-refractivity contribution in [3.63, 3.8) is 0 Å². The van der Waals surface area contributed by atoms with Crippen molar-refractivity contribution in [2.75, 3.05) is 26.4 Å². The van der Waals surface area contributed by atoms with Crippen LogP contribution in [-0.4, -0.2) is 47.1 Å². The normalized spacial score (nSPS) is 11.0. The molecule has 0 saturated heterocycles. The first-order valence-electron chi connectivity index (χ1n) is 5.02. The van der Waals surface area contributed by atoms with Crippen molar-refractivity contribution < 1.29 is 14.8 Å². The smallest absolute Gasteiger partial charge is 0.191 e. The molecule has 0 aliphatic rings. The van der Waals surface area contributed by atoms with Gasteiger partial charge in [0.05, 0.1) is 33.2 Å². The highest BCUT2D eigenvalue weighted by molar-refractivity contribution is 7.99. The number of aryl methyl sites for hydroxylation is 1. The summed E-state index contributed by atoms with van der Waals surface area (Å²) >= 11 is 1.15. The number of thioether (sulfide) groups is 1. The van der Waals surface area contributed by atoms with Crippen molar-refractivity contribution in [1.29, 1.82) is 0 Å². The first-order valence-corrected chi connectivity index (χ1v) is 6.00. The second-order valence-electron chi connectivity index (χ2n) is 3.80. The summed E-state index contributed by atoms with van der Waals surface area (Å²) in [7, 11) is 4.13. The minimum absolute atomic E-state index is 0.0903. The lowest BCUT2D eigenvalue weighted by atomic mass is 10.5. The van der Waals surface area contributed by atoms with E-state index in [1.165, 1.54) is 4.90 Å². The molecule has 0 aliphatic heterocycles. The van der Waals surface area contributed by atoms with Crippen LogP contribution < -0.4 is 10.0 Å². The van der Waals surface area contributed by atoms with E-state index in [-0.39, 0.29) is 5.75 Å². The number of likely N-dealkylation sites (N-methyl/N-ethyl adjacent to an activating group) is 1. The molecule has 6 nitrogen and oxygen atoms in total. The number of quaternary nitrogens is 1. The van der Waals surface area contributed by atoms with Gasteiger partial charge in [-0.3, -0.25) is 0 Å². The monoisotopic (exact) mass is 244 g/mol. The number of nitrogens with zero attached hydrogens (tertiary/aromatic N) is 3. The molecule has 1 N–H and O–H groups in total. The van der Waals surface area contributed by atoms with Crippen molar-refractivity contribution >= 4 is 17.7 Å². The second kappa shape index (κ2) is 5.86. The number of carboxylic acids is 1. The fourth-order valence-electron chi connectivity index (χ4n) is 1.18. The molecule has 0 aromatic carbocycles. The van der Waals surface area contributed by atoms with E-state index in [9.17, 15) is 9.90 Å². The zero-order chi connectivity index (χ0) is 12.1. The van der Waals surface area contributed by atoms with Gasteiger partial charge in [-0.1, -0.05) is 11.8 Å². The average molecular weight is 244 g/mol. The Balaban J connectivity index is 2.65. The number of hydrogen-bond acceptors (Lipinski definition) is 5. The van der Waals surface area contributed by atoms with Gasteiger partial charge in [0, 0.05) is 5.75 Å². The quantitative estimate of drug-likeness (QED) is 0.563. The molecule has 0 spiro atoms. The molecule has 1 aromatic heterocycles. The molecule has 0 aliphatic carbocycles. The minimum Gasteiger partial charge on any atom is -0.549 e. The van der Waals surface area contributed by atoms with Gasteiger partial charge < -0.3 is 19.4 Å². The lowest BCUT2D eigenvalue weighted by Crippen LogP contribution is -3.06. The zero-order valence-corrected chi connectivity index (χ0v) is 10.5. The molecule has 90 valence electrons. The predicted octanol–water partition coefficient (Wildman–Crippen LogP) is -2.43. The van der Waals surface area contributed by atoms with Crippen LogP contribution >= 0.6 is 11.8 Å². The summed E-state index contributed by atoms with van der Waals surface area (Å²) in [5, 5.41) is 18.9. The summed E-state index contributed by atoms with van der Waals surface area (Å²) in [6.07, 6.45) is 0. The van der Waals surface area contributed by atoms with Gasteiger partial charge >= 0.3 is 0 Å². The lowest BCUT2D eigenvalue weighted by Gasteiger charge is -2.10. The highest BCUT2D eigenvalue weighted by Gasteiger charge is 2.10. The van der Waals surface area contributed by atoms with E-state index in [4.69, 9.17) is 0 Å². The second-order valence-corrected chi connectivity index (χ2v) is 4.74. The first kappa shape index (κ1) is 13.0. The summed E-state index contributed by atoms with van der Waals surface area (Å²) in [6.45, 7) is 3.59. The molecule has 0 saturated carbocycles. The number of nitrogens with one attached hydrogen (secondary N) is 1. The van der Waals surface area contributed by atoms with Crippen LogP contribution in [0.25, 0.3) is 0 Å². The van der Waals surface area contributed by atoms with E-state index in [0.717, 1.165) is 30.7 Å². The first-order chi connectivity index (χ1) is 7.50. The lowest BCUT2D eigenvalue weighted by molar-refractivity contribution is -0.859. The van der Waals surface area contributed by atoms with Gasteiger partial charge in [0.2, 0.25) is 0 Å². The third-order valence-corrected chi connectivity index (χ3v) is 3.00. The van der Waals surface area contributed by atoms with Crippen molar-refractivity contribution in [1.82, 2.24) is 14.8 Å². The molecule has 0 bridgehead atoms. The van der Waals surface area contributed by atoms with E-state index < -0.39 is 5.97 Å². The number of carboxylic acid groups (broad SMARTS) is 1. The molecular formula is C9H16N4O2S. The Kier molecular flexibility index (Phi) is 4.75. The van der Waals surface area contributed by atoms with Gasteiger partial charge in [-0.25, -0.2) is 0 Å². The molecule has 0 unspecified atom stereocenters. The molecule has 1 aromatic rings. The van der Waals surface area contributed by atoms with Crippen LogP contribution in [0.3, 0.4) is 0 Å². The largest absolute Gasteiger partial charge is 0.549 e. The van der Waals surface area contributed by atoms with Crippen LogP contribution in [0, 0.1) is 6.92 Å². The Labute approximate surface area is 98.7 Å². The Bertz CT molecular complexity index is 364. The third-order valence-electron chi connectivity index (χ3n) is 2.06. The van der Waals surface area contributed by atoms with Crippen LogP contribution in [0.5, 0.6) is 0 Å². The zero-order valence-electron chi connectivity index (χ0n) is 9.69. The summed E-state index contributed by atoms with van der Waals surface area (Å²) in [4.78, 5) is 11.7. The van der Waals surface area contributed by atoms with E-state index >= 15 is 0 Å². The number of aliphatic carboxylic acids is 1. The predicted molar refractivity (Wildman–Crippen MR) is 58.2 cm³/mol. The summed E-state index contributed by atoms with van der Waals surface area (Å²) in [6, 6.07) is 0. The van der Waals surface area contributed by atoms with Gasteiger partial charge in [-0.05, 0) is 6.92 Å². The number of rotatable bonds is 6. The van der Waals surface area contributed by atoms with Crippen molar-refractivity contribution in [2.45, 2.75) is 18.6 Å². The highest BCUT2D eigenvalue weighted by Crippen LogP contribution is 2.15.